The van der Waals surface area contributed by atoms with Crippen molar-refractivity contribution in [2.24, 2.45) is 11.8 Å². The standard InChI is InChI=1S/C27H38N2O8S/c1-18-12-14-22(15-13-18)38(33,34)29-23-17-37-27(32)21(4)28-25(30)10-7-9-24(35-5)20(3)16-36-26(31)11-6-8-19(23)2/h6-9,12-15,19-21,23-24,29H,10-11,16-17H2,1-5H3,(H,28,30)/b8-6-,9-7-/t19-,20-,21+,23+,24-/m1/s1. The number of rotatable bonds is 4. The molecule has 0 radical (unpaired) electrons. The summed E-state index contributed by atoms with van der Waals surface area (Å²) in [6.45, 7) is 6.77. The third-order valence-electron chi connectivity index (χ3n) is 6.10. The molecule has 0 bridgehead atoms. The summed E-state index contributed by atoms with van der Waals surface area (Å²) in [6.07, 6.45) is 6.20. The second-order valence-electron chi connectivity index (χ2n) is 9.44. The molecule has 11 heteroatoms. The fourth-order valence-corrected chi connectivity index (χ4v) is 4.95. The minimum atomic E-state index is -3.93. The Balaban J connectivity index is 2.25. The lowest BCUT2D eigenvalue weighted by Gasteiger charge is -2.24. The van der Waals surface area contributed by atoms with Gasteiger partial charge in [-0.25, -0.2) is 17.9 Å². The summed E-state index contributed by atoms with van der Waals surface area (Å²) in [5.41, 5.74) is 0.909. The van der Waals surface area contributed by atoms with Crippen LogP contribution in [0.1, 0.15) is 39.2 Å². The number of cyclic esters (lactones) is 2. The number of nitrogens with one attached hydrogen (secondary N) is 2. The number of carbonyl (C=O) groups is 3. The second kappa shape index (κ2) is 14.8. The van der Waals surface area contributed by atoms with Gasteiger partial charge < -0.3 is 19.5 Å². The maximum absolute atomic E-state index is 13.0. The normalized spacial score (nSPS) is 28.6. The van der Waals surface area contributed by atoms with E-state index in [0.29, 0.717) is 0 Å². The number of sulfonamides is 1. The van der Waals surface area contributed by atoms with Crippen LogP contribution in [0, 0.1) is 18.8 Å². The molecule has 0 saturated heterocycles. The fraction of sp³-hybridized carbons (Fsp3) is 0.519. The Morgan fingerprint density at radius 2 is 1.61 bits per heavy atom. The Morgan fingerprint density at radius 1 is 0.947 bits per heavy atom. The Hall–Kier alpha value is -3.02. The van der Waals surface area contributed by atoms with E-state index in [2.05, 4.69) is 10.0 Å². The van der Waals surface area contributed by atoms with Gasteiger partial charge in [-0.15, -0.1) is 0 Å². The average molecular weight is 551 g/mol. The van der Waals surface area contributed by atoms with Gasteiger partial charge in [0.15, 0.2) is 0 Å². The third-order valence-corrected chi connectivity index (χ3v) is 7.61. The first-order chi connectivity index (χ1) is 17.9. The van der Waals surface area contributed by atoms with Crippen LogP contribution in [0.4, 0.5) is 0 Å². The largest absolute Gasteiger partial charge is 0.465 e. The molecule has 1 aliphatic heterocycles. The van der Waals surface area contributed by atoms with Crippen LogP contribution in [0.15, 0.2) is 53.5 Å². The summed E-state index contributed by atoms with van der Waals surface area (Å²) in [4.78, 5) is 37.2. The van der Waals surface area contributed by atoms with Gasteiger partial charge in [-0.1, -0.05) is 55.8 Å². The van der Waals surface area contributed by atoms with E-state index in [9.17, 15) is 22.8 Å². The number of aryl methyl sites for hydroxylation is 1. The highest BCUT2D eigenvalue weighted by Crippen LogP contribution is 2.15. The molecule has 2 N–H and O–H groups in total. The fourth-order valence-electron chi connectivity index (χ4n) is 3.64. The van der Waals surface area contributed by atoms with Gasteiger partial charge in [-0.2, -0.15) is 0 Å². The zero-order chi connectivity index (χ0) is 28.3. The zero-order valence-corrected chi connectivity index (χ0v) is 23.3. The van der Waals surface area contributed by atoms with Crippen LogP contribution in [0.3, 0.4) is 0 Å². The van der Waals surface area contributed by atoms with Crippen LogP contribution in [-0.2, 0) is 38.6 Å². The summed E-state index contributed by atoms with van der Waals surface area (Å²) in [5, 5.41) is 2.57. The highest BCUT2D eigenvalue weighted by atomic mass is 32.2. The monoisotopic (exact) mass is 550 g/mol. The predicted molar refractivity (Wildman–Crippen MR) is 141 cm³/mol. The van der Waals surface area contributed by atoms with Crippen molar-refractivity contribution in [2.45, 2.75) is 63.6 Å². The van der Waals surface area contributed by atoms with Crippen LogP contribution in [0.2, 0.25) is 0 Å². The molecule has 38 heavy (non-hydrogen) atoms. The molecule has 1 aliphatic rings. The van der Waals surface area contributed by atoms with Gasteiger partial charge in [0.05, 0.1) is 30.1 Å². The van der Waals surface area contributed by atoms with E-state index < -0.39 is 45.9 Å². The molecule has 210 valence electrons. The van der Waals surface area contributed by atoms with E-state index in [4.69, 9.17) is 14.2 Å². The van der Waals surface area contributed by atoms with Crippen LogP contribution in [0.5, 0.6) is 0 Å². The van der Waals surface area contributed by atoms with Crippen molar-refractivity contribution in [3.8, 4) is 0 Å². The van der Waals surface area contributed by atoms with E-state index in [1.165, 1.54) is 26.2 Å². The topological polar surface area (TPSA) is 137 Å². The molecule has 1 amide bonds. The first-order valence-corrected chi connectivity index (χ1v) is 14.0. The molecule has 0 aromatic heterocycles. The van der Waals surface area contributed by atoms with Gasteiger partial charge in [0, 0.05) is 19.4 Å². The Labute approximate surface area is 224 Å². The molecular weight excluding hydrogens is 512 g/mol. The smallest absolute Gasteiger partial charge is 0.328 e. The minimum absolute atomic E-state index is 0.00388. The average Bonchev–Trinajstić information content (AvgIpc) is 2.87. The number of benzene rings is 1. The Morgan fingerprint density at radius 3 is 2.26 bits per heavy atom. The number of amides is 1. The van der Waals surface area contributed by atoms with E-state index in [-0.39, 0.29) is 43.0 Å². The summed E-state index contributed by atoms with van der Waals surface area (Å²) in [6, 6.07) is 4.57. The van der Waals surface area contributed by atoms with Crippen molar-refractivity contribution in [2.75, 3.05) is 20.3 Å². The second-order valence-corrected chi connectivity index (χ2v) is 11.2. The maximum Gasteiger partial charge on any atom is 0.328 e. The lowest BCUT2D eigenvalue weighted by molar-refractivity contribution is -0.148. The molecule has 10 nitrogen and oxygen atoms in total. The Bertz CT molecular complexity index is 1110. The van der Waals surface area contributed by atoms with Gasteiger partial charge in [0.25, 0.3) is 0 Å². The molecule has 1 aromatic carbocycles. The van der Waals surface area contributed by atoms with Crippen LogP contribution in [-0.4, -0.2) is 64.8 Å². The van der Waals surface area contributed by atoms with Gasteiger partial charge in [-0.3, -0.25) is 9.59 Å². The minimum Gasteiger partial charge on any atom is -0.465 e. The van der Waals surface area contributed by atoms with E-state index in [1.807, 2.05) is 13.8 Å². The van der Waals surface area contributed by atoms with Crippen molar-refractivity contribution < 1.29 is 37.0 Å². The molecule has 0 saturated carbocycles. The first kappa shape index (κ1) is 31.2. The Kier molecular flexibility index (Phi) is 12.1. The van der Waals surface area contributed by atoms with Crippen molar-refractivity contribution in [3.05, 3.63) is 54.1 Å². The van der Waals surface area contributed by atoms with Crippen molar-refractivity contribution in [3.63, 3.8) is 0 Å². The highest BCUT2D eigenvalue weighted by Gasteiger charge is 2.26. The number of ether oxygens (including phenoxy) is 3. The number of hydrogen-bond acceptors (Lipinski definition) is 8. The summed E-state index contributed by atoms with van der Waals surface area (Å²) in [7, 11) is -2.41. The lowest BCUT2D eigenvalue weighted by Crippen LogP contribution is -2.45. The summed E-state index contributed by atoms with van der Waals surface area (Å²) < 4.78 is 44.8. The molecule has 1 heterocycles. The summed E-state index contributed by atoms with van der Waals surface area (Å²) >= 11 is 0. The number of carbonyl (C=O) groups excluding carboxylic acids is 3. The molecule has 2 rings (SSSR count). The first-order valence-electron chi connectivity index (χ1n) is 12.5. The molecule has 0 spiro atoms. The number of methoxy groups -OCH3 is 1. The van der Waals surface area contributed by atoms with Crippen LogP contribution < -0.4 is 10.0 Å². The van der Waals surface area contributed by atoms with Crippen molar-refractivity contribution >= 4 is 27.9 Å². The molecule has 1 aromatic rings. The lowest BCUT2D eigenvalue weighted by atomic mass is 10.0. The zero-order valence-electron chi connectivity index (χ0n) is 22.5. The molecule has 0 unspecified atom stereocenters. The third kappa shape index (κ3) is 10.0. The number of hydrogen-bond donors (Lipinski definition) is 2. The summed E-state index contributed by atoms with van der Waals surface area (Å²) in [5.74, 6) is -2.17. The van der Waals surface area contributed by atoms with Gasteiger partial charge in [-0.05, 0) is 31.9 Å². The molecule has 5 atom stereocenters. The van der Waals surface area contributed by atoms with Gasteiger partial charge in [0.2, 0.25) is 15.9 Å². The molecule has 0 aliphatic carbocycles. The van der Waals surface area contributed by atoms with Gasteiger partial charge in [0.1, 0.15) is 12.6 Å². The van der Waals surface area contributed by atoms with Crippen LogP contribution >= 0.6 is 0 Å². The maximum atomic E-state index is 13.0. The molecular formula is C27H38N2O8S. The predicted octanol–water partition coefficient (Wildman–Crippen LogP) is 2.43. The van der Waals surface area contributed by atoms with Crippen molar-refractivity contribution in [1.82, 2.24) is 10.0 Å². The van der Waals surface area contributed by atoms with E-state index in [1.54, 1.807) is 43.4 Å². The van der Waals surface area contributed by atoms with Crippen molar-refractivity contribution in [1.29, 1.82) is 0 Å². The molecule has 0 fully saturated rings. The SMILES string of the molecule is CO[C@@H]1/C=C\CC(=O)N[C@@H](C)C(=O)OC[C@H](NS(=O)(=O)c2ccc(C)cc2)[C@H](C)/C=C\CC(=O)OC[C@H]1C. The quantitative estimate of drug-likeness (QED) is 0.431. The van der Waals surface area contributed by atoms with Gasteiger partial charge >= 0.3 is 11.9 Å². The van der Waals surface area contributed by atoms with E-state index in [0.717, 1.165) is 5.56 Å². The van der Waals surface area contributed by atoms with Crippen LogP contribution in [0.25, 0.3) is 0 Å². The highest BCUT2D eigenvalue weighted by molar-refractivity contribution is 7.89. The number of esters is 2. The van der Waals surface area contributed by atoms with E-state index >= 15 is 0 Å².